The quantitative estimate of drug-likeness (QED) is 0.0357. The van der Waals surface area contributed by atoms with Gasteiger partial charge in [-0.3, -0.25) is 9.59 Å². The molecule has 0 atom stereocenters. The number of aliphatic hydroxyl groups is 1. The molecule has 0 aliphatic heterocycles. The number of unbranched alkanes of at least 4 members (excludes halogenated alkanes) is 22. The molecule has 0 rings (SSSR count). The summed E-state index contributed by atoms with van der Waals surface area (Å²) < 4.78 is 10.0. The molecule has 0 bridgehead atoms. The van der Waals surface area contributed by atoms with Gasteiger partial charge in [-0.2, -0.15) is 0 Å². The second kappa shape index (κ2) is 31.8. The number of allylic oxidation sites excluding steroid dienone is 4. The number of carbonyl (C=O) groups is 2. The lowest BCUT2D eigenvalue weighted by molar-refractivity contribution is -0.314. The molecule has 0 aromatic rings. The first-order valence-electron chi connectivity index (χ1n) is 18.4. The summed E-state index contributed by atoms with van der Waals surface area (Å²) >= 11 is 0. The van der Waals surface area contributed by atoms with Gasteiger partial charge in [0.1, 0.15) is 0 Å². The SMILES string of the molecule is CCCCCCCCC=CCCCCCCCC(=O)OC(C)(O)OC(=O)CCCCCCCC=CCCCCCCCC. The van der Waals surface area contributed by atoms with Crippen molar-refractivity contribution in [3.05, 3.63) is 24.3 Å². The first-order valence-corrected chi connectivity index (χ1v) is 18.4. The minimum absolute atomic E-state index is 0.222. The molecule has 252 valence electrons. The minimum Gasteiger partial charge on any atom is -0.398 e. The summed E-state index contributed by atoms with van der Waals surface area (Å²) in [6, 6.07) is 0. The lowest BCUT2D eigenvalue weighted by atomic mass is 10.1. The second-order valence-corrected chi connectivity index (χ2v) is 12.5. The number of esters is 2. The molecule has 0 saturated heterocycles. The predicted molar refractivity (Wildman–Crippen MR) is 182 cm³/mol. The van der Waals surface area contributed by atoms with E-state index in [4.69, 9.17) is 9.47 Å². The molecule has 0 radical (unpaired) electrons. The Kier molecular flexibility index (Phi) is 30.6. The van der Waals surface area contributed by atoms with Gasteiger partial charge in [0, 0.05) is 19.8 Å². The molecule has 0 unspecified atom stereocenters. The first-order chi connectivity index (χ1) is 20.9. The van der Waals surface area contributed by atoms with Gasteiger partial charge in [-0.25, -0.2) is 0 Å². The third-order valence-corrected chi connectivity index (χ3v) is 7.89. The Balaban J connectivity index is 3.61. The standard InChI is InChI=1S/C38H70O5/c1-4-6-8-10-12-14-16-18-20-22-24-26-28-30-32-34-36(39)42-38(3,41)43-37(40)35-33-31-29-27-25-23-21-19-17-15-13-11-9-7-5-2/h18-21,41H,4-17,22-35H2,1-3H3. The number of carbonyl (C=O) groups excluding carboxylic acids is 2. The highest BCUT2D eigenvalue weighted by molar-refractivity contribution is 5.71. The molecule has 5 heteroatoms. The average Bonchev–Trinajstić information content (AvgIpc) is 2.96. The van der Waals surface area contributed by atoms with E-state index in [9.17, 15) is 14.7 Å². The molecule has 5 nitrogen and oxygen atoms in total. The molecule has 1 N–H and O–H groups in total. The Morgan fingerprint density at radius 3 is 1.02 bits per heavy atom. The number of hydrogen-bond donors (Lipinski definition) is 1. The summed E-state index contributed by atoms with van der Waals surface area (Å²) in [5, 5.41) is 10.2. The van der Waals surface area contributed by atoms with Crippen molar-refractivity contribution < 1.29 is 24.2 Å². The Hall–Kier alpha value is -1.62. The molecule has 0 aliphatic rings. The van der Waals surface area contributed by atoms with Crippen LogP contribution in [-0.4, -0.2) is 23.0 Å². The van der Waals surface area contributed by atoms with Crippen molar-refractivity contribution in [1.29, 1.82) is 0 Å². The molecule has 43 heavy (non-hydrogen) atoms. The van der Waals surface area contributed by atoms with Crippen LogP contribution < -0.4 is 0 Å². The summed E-state index contributed by atoms with van der Waals surface area (Å²) in [4.78, 5) is 24.2. The molecular weight excluding hydrogens is 536 g/mol. The molecular formula is C38H70O5. The van der Waals surface area contributed by atoms with E-state index < -0.39 is 17.9 Å². The van der Waals surface area contributed by atoms with Crippen LogP contribution in [0.3, 0.4) is 0 Å². The fourth-order valence-electron chi connectivity index (χ4n) is 5.23. The van der Waals surface area contributed by atoms with Crippen LogP contribution in [-0.2, 0) is 19.1 Å². The molecule has 0 amide bonds. The van der Waals surface area contributed by atoms with E-state index in [0.717, 1.165) is 51.4 Å². The van der Waals surface area contributed by atoms with E-state index in [1.165, 1.54) is 110 Å². The van der Waals surface area contributed by atoms with Crippen molar-refractivity contribution in [1.82, 2.24) is 0 Å². The lowest BCUT2D eigenvalue weighted by Gasteiger charge is -2.22. The predicted octanol–water partition coefficient (Wildman–Crippen LogP) is 11.8. The zero-order valence-electron chi connectivity index (χ0n) is 28.7. The maximum Gasteiger partial charge on any atom is 0.370 e. The Morgan fingerprint density at radius 1 is 0.465 bits per heavy atom. The van der Waals surface area contributed by atoms with Crippen LogP contribution in [0.5, 0.6) is 0 Å². The van der Waals surface area contributed by atoms with Crippen molar-refractivity contribution in [3.8, 4) is 0 Å². The summed E-state index contributed by atoms with van der Waals surface area (Å²) in [7, 11) is 0. The maximum absolute atomic E-state index is 12.1. The zero-order chi connectivity index (χ0) is 31.7. The van der Waals surface area contributed by atoms with E-state index in [2.05, 4.69) is 38.2 Å². The van der Waals surface area contributed by atoms with E-state index in [1.54, 1.807) is 0 Å². The van der Waals surface area contributed by atoms with E-state index in [1.807, 2.05) is 0 Å². The third kappa shape index (κ3) is 33.1. The smallest absolute Gasteiger partial charge is 0.370 e. The molecule has 0 fully saturated rings. The normalized spacial score (nSPS) is 13.1. The first kappa shape index (κ1) is 41.4. The zero-order valence-corrected chi connectivity index (χ0v) is 28.7. The number of hydrogen-bond acceptors (Lipinski definition) is 5. The average molecular weight is 607 g/mol. The molecule has 0 spiro atoms. The van der Waals surface area contributed by atoms with Crippen LogP contribution in [0.4, 0.5) is 0 Å². The van der Waals surface area contributed by atoms with Gasteiger partial charge in [-0.15, -0.1) is 0 Å². The Labute approximate surface area is 266 Å². The van der Waals surface area contributed by atoms with E-state index in [-0.39, 0.29) is 12.8 Å². The topological polar surface area (TPSA) is 72.8 Å². The minimum atomic E-state index is -2.20. The van der Waals surface area contributed by atoms with Crippen LogP contribution in [0.25, 0.3) is 0 Å². The van der Waals surface area contributed by atoms with E-state index >= 15 is 0 Å². The molecule has 0 aliphatic carbocycles. The summed E-state index contributed by atoms with van der Waals surface area (Å²) in [6.45, 7) is 5.72. The van der Waals surface area contributed by atoms with Gasteiger partial charge in [0.2, 0.25) is 0 Å². The van der Waals surface area contributed by atoms with Crippen LogP contribution in [0, 0.1) is 0 Å². The van der Waals surface area contributed by atoms with Crippen molar-refractivity contribution in [2.45, 2.75) is 207 Å². The third-order valence-electron chi connectivity index (χ3n) is 7.89. The van der Waals surface area contributed by atoms with Crippen molar-refractivity contribution in [2.24, 2.45) is 0 Å². The molecule has 0 aromatic heterocycles. The second-order valence-electron chi connectivity index (χ2n) is 12.5. The van der Waals surface area contributed by atoms with E-state index in [0.29, 0.717) is 12.8 Å². The highest BCUT2D eigenvalue weighted by Gasteiger charge is 2.29. The van der Waals surface area contributed by atoms with Gasteiger partial charge in [-0.05, 0) is 64.2 Å². The maximum atomic E-state index is 12.1. The highest BCUT2D eigenvalue weighted by Crippen LogP contribution is 2.16. The van der Waals surface area contributed by atoms with Gasteiger partial charge in [0.05, 0.1) is 0 Å². The number of ether oxygens (including phenoxy) is 2. The molecule has 0 aromatic carbocycles. The lowest BCUT2D eigenvalue weighted by Crippen LogP contribution is -2.36. The van der Waals surface area contributed by atoms with Gasteiger partial charge < -0.3 is 14.6 Å². The monoisotopic (exact) mass is 607 g/mol. The fraction of sp³-hybridized carbons (Fsp3) is 0.842. The highest BCUT2D eigenvalue weighted by atomic mass is 16.8. The summed E-state index contributed by atoms with van der Waals surface area (Å²) in [5.41, 5.74) is 0. The van der Waals surface area contributed by atoms with Crippen molar-refractivity contribution in [2.75, 3.05) is 0 Å². The fourth-order valence-corrected chi connectivity index (χ4v) is 5.23. The number of rotatable bonds is 32. The Morgan fingerprint density at radius 2 is 0.721 bits per heavy atom. The van der Waals surface area contributed by atoms with Crippen LogP contribution in [0.1, 0.15) is 201 Å². The van der Waals surface area contributed by atoms with Crippen molar-refractivity contribution in [3.63, 3.8) is 0 Å². The molecule has 0 saturated carbocycles. The largest absolute Gasteiger partial charge is 0.398 e. The molecule has 0 heterocycles. The van der Waals surface area contributed by atoms with Crippen LogP contribution in [0.15, 0.2) is 24.3 Å². The van der Waals surface area contributed by atoms with Crippen LogP contribution >= 0.6 is 0 Å². The summed E-state index contributed by atoms with van der Waals surface area (Å²) in [6.07, 6.45) is 40.7. The van der Waals surface area contributed by atoms with Gasteiger partial charge in [-0.1, -0.05) is 141 Å². The van der Waals surface area contributed by atoms with Gasteiger partial charge in [0.15, 0.2) is 0 Å². The van der Waals surface area contributed by atoms with Crippen LogP contribution in [0.2, 0.25) is 0 Å². The Bertz CT molecular complexity index is 626. The van der Waals surface area contributed by atoms with Gasteiger partial charge in [0.25, 0.3) is 0 Å². The van der Waals surface area contributed by atoms with Crippen molar-refractivity contribution >= 4 is 11.9 Å². The van der Waals surface area contributed by atoms with Gasteiger partial charge >= 0.3 is 17.9 Å². The summed E-state index contributed by atoms with van der Waals surface area (Å²) in [5.74, 6) is -3.26.